The second kappa shape index (κ2) is 5.79. The van der Waals surface area contributed by atoms with Crippen molar-refractivity contribution in [2.45, 2.75) is 18.1 Å². The minimum atomic E-state index is 0. The summed E-state index contributed by atoms with van der Waals surface area (Å²) >= 11 is 1.69. The molecule has 0 aliphatic carbocycles. The van der Waals surface area contributed by atoms with Crippen molar-refractivity contribution in [2.24, 2.45) is 0 Å². The van der Waals surface area contributed by atoms with E-state index in [1.54, 1.807) is 23.9 Å². The minimum absolute atomic E-state index is 0. The zero-order valence-electron chi connectivity index (χ0n) is 10.2. The molecule has 1 saturated heterocycles. The summed E-state index contributed by atoms with van der Waals surface area (Å²) in [7, 11) is 0. The van der Waals surface area contributed by atoms with E-state index in [9.17, 15) is 4.79 Å². The maximum atomic E-state index is 12.0. The maximum absolute atomic E-state index is 12.0. The molecule has 1 amide bonds. The Morgan fingerprint density at radius 2 is 2.11 bits per heavy atom. The molecule has 7 heteroatoms. The van der Waals surface area contributed by atoms with Crippen molar-refractivity contribution in [3.63, 3.8) is 0 Å². The lowest BCUT2D eigenvalue weighted by Gasteiger charge is -2.12. The number of benzene rings is 1. The molecule has 1 fully saturated rings. The van der Waals surface area contributed by atoms with Crippen LogP contribution in [0.15, 0.2) is 12.1 Å². The Hall–Kier alpha value is -1.27. The molecule has 0 radical (unpaired) electrons. The summed E-state index contributed by atoms with van der Waals surface area (Å²) in [4.78, 5) is 12.0. The number of amides is 1. The van der Waals surface area contributed by atoms with Gasteiger partial charge in [-0.3, -0.25) is 4.79 Å². The van der Waals surface area contributed by atoms with Crippen LogP contribution in [0.5, 0.6) is 11.5 Å². The highest BCUT2D eigenvalue weighted by atomic mass is 35.5. The molecule has 104 valence electrons. The molecular formula is C12H15ClN2O3S. The summed E-state index contributed by atoms with van der Waals surface area (Å²) in [6.07, 6.45) is 2.03. The van der Waals surface area contributed by atoms with E-state index in [0.29, 0.717) is 22.9 Å². The number of nitrogens with two attached hydrogens (primary N) is 1. The van der Waals surface area contributed by atoms with Gasteiger partial charge in [-0.15, -0.1) is 24.2 Å². The van der Waals surface area contributed by atoms with Gasteiger partial charge in [-0.05, 0) is 18.6 Å². The number of hydrogen-bond acceptors (Lipinski definition) is 5. The maximum Gasteiger partial charge on any atom is 0.237 e. The van der Waals surface area contributed by atoms with E-state index in [1.165, 1.54) is 0 Å². The normalized spacial score (nSPS) is 19.9. The number of thioether (sulfide) groups is 1. The first-order chi connectivity index (χ1) is 8.74. The molecule has 2 aliphatic rings. The highest BCUT2D eigenvalue weighted by Crippen LogP contribution is 2.38. The Bertz CT molecular complexity index is 492. The summed E-state index contributed by atoms with van der Waals surface area (Å²) in [5, 5.41) is 2.90. The summed E-state index contributed by atoms with van der Waals surface area (Å²) in [5.41, 5.74) is 6.97. The molecule has 2 aliphatic heterocycles. The van der Waals surface area contributed by atoms with Gasteiger partial charge in [0, 0.05) is 12.1 Å². The lowest BCUT2D eigenvalue weighted by Crippen LogP contribution is -2.23. The van der Waals surface area contributed by atoms with E-state index in [4.69, 9.17) is 15.2 Å². The first-order valence-corrected chi connectivity index (χ1v) is 6.90. The Morgan fingerprint density at radius 1 is 1.37 bits per heavy atom. The molecular weight excluding hydrogens is 288 g/mol. The highest BCUT2D eigenvalue weighted by molar-refractivity contribution is 8.00. The van der Waals surface area contributed by atoms with Crippen LogP contribution in [0.2, 0.25) is 0 Å². The first kappa shape index (κ1) is 14.1. The minimum Gasteiger partial charge on any atom is -0.454 e. The summed E-state index contributed by atoms with van der Waals surface area (Å²) in [5.74, 6) is 2.32. The molecule has 0 spiro atoms. The van der Waals surface area contributed by atoms with Gasteiger partial charge in [-0.2, -0.15) is 0 Å². The molecule has 0 aromatic heterocycles. The van der Waals surface area contributed by atoms with Crippen molar-refractivity contribution in [3.8, 4) is 11.5 Å². The number of hydrogen-bond donors (Lipinski definition) is 2. The number of nitrogen functional groups attached to an aromatic ring is 1. The highest BCUT2D eigenvalue weighted by Gasteiger charge is 2.24. The van der Waals surface area contributed by atoms with Crippen LogP contribution in [0.1, 0.15) is 12.8 Å². The van der Waals surface area contributed by atoms with Crippen molar-refractivity contribution >= 4 is 41.5 Å². The van der Waals surface area contributed by atoms with Crippen molar-refractivity contribution in [1.82, 2.24) is 0 Å². The van der Waals surface area contributed by atoms with Crippen molar-refractivity contribution in [1.29, 1.82) is 0 Å². The van der Waals surface area contributed by atoms with Crippen LogP contribution in [0.25, 0.3) is 0 Å². The van der Waals surface area contributed by atoms with E-state index in [0.717, 1.165) is 18.6 Å². The lowest BCUT2D eigenvalue weighted by molar-refractivity contribution is -0.115. The van der Waals surface area contributed by atoms with Gasteiger partial charge in [0.2, 0.25) is 12.7 Å². The molecule has 2 heterocycles. The molecule has 3 rings (SSSR count). The van der Waals surface area contributed by atoms with Crippen LogP contribution in [-0.2, 0) is 4.79 Å². The fourth-order valence-electron chi connectivity index (χ4n) is 2.06. The van der Waals surface area contributed by atoms with Gasteiger partial charge in [0.15, 0.2) is 11.5 Å². The van der Waals surface area contributed by atoms with Gasteiger partial charge < -0.3 is 20.5 Å². The molecule has 1 atom stereocenters. The Labute approximate surface area is 121 Å². The molecule has 0 saturated carbocycles. The largest absolute Gasteiger partial charge is 0.454 e. The van der Waals surface area contributed by atoms with E-state index < -0.39 is 0 Å². The molecule has 1 aromatic rings. The molecule has 19 heavy (non-hydrogen) atoms. The molecule has 0 bridgehead atoms. The topological polar surface area (TPSA) is 73.6 Å². The zero-order valence-corrected chi connectivity index (χ0v) is 11.8. The zero-order chi connectivity index (χ0) is 12.5. The van der Waals surface area contributed by atoms with Crippen LogP contribution in [-0.4, -0.2) is 23.7 Å². The number of carbonyl (C=O) groups is 1. The van der Waals surface area contributed by atoms with Crippen molar-refractivity contribution in [3.05, 3.63) is 12.1 Å². The fraction of sp³-hybridized carbons (Fsp3) is 0.417. The third kappa shape index (κ3) is 2.84. The second-order valence-electron chi connectivity index (χ2n) is 4.28. The first-order valence-electron chi connectivity index (χ1n) is 5.85. The average Bonchev–Trinajstić information content (AvgIpc) is 2.98. The monoisotopic (exact) mass is 302 g/mol. The Kier molecular flexibility index (Phi) is 4.31. The Balaban J connectivity index is 0.00000133. The van der Waals surface area contributed by atoms with Gasteiger partial charge in [-0.25, -0.2) is 0 Å². The smallest absolute Gasteiger partial charge is 0.237 e. The fourth-order valence-corrected chi connectivity index (χ4v) is 3.23. The van der Waals surface area contributed by atoms with Gasteiger partial charge >= 0.3 is 0 Å². The van der Waals surface area contributed by atoms with Crippen molar-refractivity contribution < 1.29 is 14.3 Å². The number of nitrogens with one attached hydrogen (secondary N) is 1. The predicted molar refractivity (Wildman–Crippen MR) is 78.3 cm³/mol. The number of carbonyl (C=O) groups excluding carboxylic acids is 1. The van der Waals surface area contributed by atoms with E-state index >= 15 is 0 Å². The van der Waals surface area contributed by atoms with Crippen LogP contribution in [0.3, 0.4) is 0 Å². The average molecular weight is 303 g/mol. The number of fused-ring (bicyclic) bond motifs is 1. The van der Waals surface area contributed by atoms with Crippen LogP contribution < -0.4 is 20.5 Å². The number of rotatable bonds is 2. The summed E-state index contributed by atoms with van der Waals surface area (Å²) in [6, 6.07) is 3.40. The number of anilines is 2. The quantitative estimate of drug-likeness (QED) is 0.820. The summed E-state index contributed by atoms with van der Waals surface area (Å²) < 4.78 is 10.5. The van der Waals surface area contributed by atoms with Gasteiger partial charge in [0.05, 0.1) is 16.6 Å². The van der Waals surface area contributed by atoms with E-state index in [2.05, 4.69) is 5.32 Å². The van der Waals surface area contributed by atoms with Gasteiger partial charge in [-0.1, -0.05) is 0 Å². The van der Waals surface area contributed by atoms with Gasteiger partial charge in [0.25, 0.3) is 0 Å². The summed E-state index contributed by atoms with van der Waals surface area (Å²) in [6.45, 7) is 0.199. The van der Waals surface area contributed by atoms with Crippen molar-refractivity contribution in [2.75, 3.05) is 23.6 Å². The Morgan fingerprint density at radius 3 is 2.79 bits per heavy atom. The van der Waals surface area contributed by atoms with Gasteiger partial charge in [0.1, 0.15) is 0 Å². The third-order valence-electron chi connectivity index (χ3n) is 3.02. The second-order valence-corrected chi connectivity index (χ2v) is 5.59. The van der Waals surface area contributed by atoms with Crippen LogP contribution >= 0.6 is 24.2 Å². The lowest BCUT2D eigenvalue weighted by atomic mass is 10.2. The molecule has 3 N–H and O–H groups in total. The van der Waals surface area contributed by atoms with Crippen LogP contribution in [0.4, 0.5) is 11.4 Å². The van der Waals surface area contributed by atoms with E-state index in [1.807, 2.05) is 0 Å². The van der Waals surface area contributed by atoms with Crippen LogP contribution in [0, 0.1) is 0 Å². The standard InChI is InChI=1S/C12H14N2O3S.ClH/c13-7-4-9-10(17-6-16-9)5-8(7)14-12(15)11-2-1-3-18-11;/h4-5,11H,1-3,6,13H2,(H,14,15);1H. The molecule has 1 aromatic carbocycles. The predicted octanol–water partition coefficient (Wildman–Crippen LogP) is 2.25. The SMILES string of the molecule is Cl.Nc1cc2c(cc1NC(=O)C1CCCS1)OCO2. The third-order valence-corrected chi connectivity index (χ3v) is 4.40. The number of ether oxygens (including phenoxy) is 2. The molecule has 1 unspecified atom stereocenters. The molecule has 5 nitrogen and oxygen atoms in total. The van der Waals surface area contributed by atoms with E-state index in [-0.39, 0.29) is 30.4 Å². The number of halogens is 1.